The standard InChI is InChI=1S/C10H17ClN2OS/c1-3-13(4-5-14)8(2)10-12-9(6-11)7-15-10/h7-8,14H,3-6H2,1-2H3. The highest BCUT2D eigenvalue weighted by molar-refractivity contribution is 7.09. The summed E-state index contributed by atoms with van der Waals surface area (Å²) < 4.78 is 0. The Bertz CT molecular complexity index is 293. The molecular weight excluding hydrogens is 232 g/mol. The summed E-state index contributed by atoms with van der Waals surface area (Å²) in [6.07, 6.45) is 0. The number of aliphatic hydroxyl groups is 1. The van der Waals surface area contributed by atoms with E-state index in [1.54, 1.807) is 11.3 Å². The highest BCUT2D eigenvalue weighted by atomic mass is 35.5. The lowest BCUT2D eigenvalue weighted by atomic mass is 10.3. The fourth-order valence-electron chi connectivity index (χ4n) is 1.49. The molecule has 1 N–H and O–H groups in total. The zero-order valence-electron chi connectivity index (χ0n) is 9.11. The summed E-state index contributed by atoms with van der Waals surface area (Å²) in [6.45, 7) is 5.98. The predicted molar refractivity (Wildman–Crippen MR) is 64.4 cm³/mol. The van der Waals surface area contributed by atoms with Crippen molar-refractivity contribution in [1.29, 1.82) is 0 Å². The Morgan fingerprint density at radius 1 is 1.67 bits per heavy atom. The Hall–Kier alpha value is -0.160. The normalized spacial score (nSPS) is 13.4. The molecule has 3 nitrogen and oxygen atoms in total. The minimum atomic E-state index is 0.186. The van der Waals surface area contributed by atoms with Gasteiger partial charge in [0.05, 0.1) is 24.2 Å². The molecule has 15 heavy (non-hydrogen) atoms. The average Bonchev–Trinajstić information content (AvgIpc) is 2.73. The molecule has 0 radical (unpaired) electrons. The zero-order valence-corrected chi connectivity index (χ0v) is 10.7. The maximum absolute atomic E-state index is 8.94. The Balaban J connectivity index is 2.68. The average molecular weight is 249 g/mol. The van der Waals surface area contributed by atoms with Gasteiger partial charge in [-0.3, -0.25) is 4.90 Å². The number of alkyl halides is 1. The largest absolute Gasteiger partial charge is 0.395 e. The molecule has 0 aliphatic carbocycles. The van der Waals surface area contributed by atoms with Gasteiger partial charge in [-0.25, -0.2) is 4.98 Å². The molecule has 0 spiro atoms. The Morgan fingerprint density at radius 3 is 2.87 bits per heavy atom. The summed E-state index contributed by atoms with van der Waals surface area (Å²) in [5, 5.41) is 12.0. The van der Waals surface area contributed by atoms with Crippen molar-refractivity contribution in [3.8, 4) is 0 Å². The van der Waals surface area contributed by atoms with Crippen LogP contribution in [-0.2, 0) is 5.88 Å². The zero-order chi connectivity index (χ0) is 11.3. The molecule has 86 valence electrons. The summed E-state index contributed by atoms with van der Waals surface area (Å²) in [7, 11) is 0. The van der Waals surface area contributed by atoms with Crippen LogP contribution in [0, 0.1) is 0 Å². The van der Waals surface area contributed by atoms with Crippen molar-refractivity contribution < 1.29 is 5.11 Å². The summed E-state index contributed by atoms with van der Waals surface area (Å²) in [5.74, 6) is 0.468. The Labute approximate surface area is 99.7 Å². The lowest BCUT2D eigenvalue weighted by molar-refractivity contribution is 0.165. The van der Waals surface area contributed by atoms with Crippen LogP contribution >= 0.6 is 22.9 Å². The number of nitrogens with zero attached hydrogens (tertiary/aromatic N) is 2. The molecule has 1 unspecified atom stereocenters. The highest BCUT2D eigenvalue weighted by Gasteiger charge is 2.16. The van der Waals surface area contributed by atoms with Crippen molar-refractivity contribution in [1.82, 2.24) is 9.88 Å². The van der Waals surface area contributed by atoms with E-state index in [0.29, 0.717) is 12.4 Å². The molecule has 0 bridgehead atoms. The van der Waals surface area contributed by atoms with Crippen molar-refractivity contribution in [3.63, 3.8) is 0 Å². The lowest BCUT2D eigenvalue weighted by Gasteiger charge is -2.25. The maximum Gasteiger partial charge on any atom is 0.110 e. The number of hydrogen-bond donors (Lipinski definition) is 1. The quantitative estimate of drug-likeness (QED) is 0.785. The molecule has 0 fully saturated rings. The summed E-state index contributed by atoms with van der Waals surface area (Å²) in [5.41, 5.74) is 0.934. The predicted octanol–water partition coefficient (Wildman–Crippen LogP) is 2.26. The summed E-state index contributed by atoms with van der Waals surface area (Å²) in [4.78, 5) is 6.63. The van der Waals surface area contributed by atoms with Crippen LogP contribution in [0.2, 0.25) is 0 Å². The van der Waals surface area contributed by atoms with Gasteiger partial charge < -0.3 is 5.11 Å². The molecule has 5 heteroatoms. The third-order valence-electron chi connectivity index (χ3n) is 2.40. The van der Waals surface area contributed by atoms with Crippen LogP contribution in [0.3, 0.4) is 0 Å². The first-order valence-electron chi connectivity index (χ1n) is 5.08. The molecule has 1 aromatic heterocycles. The van der Waals surface area contributed by atoms with E-state index in [1.165, 1.54) is 0 Å². The van der Waals surface area contributed by atoms with Gasteiger partial charge in [-0.05, 0) is 13.5 Å². The van der Waals surface area contributed by atoms with Crippen molar-refractivity contribution in [2.75, 3.05) is 19.7 Å². The number of likely N-dealkylation sites (N-methyl/N-ethyl adjacent to an activating group) is 1. The minimum Gasteiger partial charge on any atom is -0.395 e. The van der Waals surface area contributed by atoms with E-state index in [2.05, 4.69) is 23.7 Å². The second-order valence-corrected chi connectivity index (χ2v) is 4.50. The van der Waals surface area contributed by atoms with E-state index in [0.717, 1.165) is 17.2 Å². The fraction of sp³-hybridized carbons (Fsp3) is 0.700. The van der Waals surface area contributed by atoms with Gasteiger partial charge in [-0.2, -0.15) is 0 Å². The molecular formula is C10H17ClN2OS. The van der Waals surface area contributed by atoms with Crippen LogP contribution in [-0.4, -0.2) is 34.7 Å². The number of thiazole rings is 1. The third-order valence-corrected chi connectivity index (χ3v) is 3.74. The molecule has 0 saturated carbocycles. The molecule has 1 rings (SSSR count). The van der Waals surface area contributed by atoms with Gasteiger partial charge in [-0.1, -0.05) is 6.92 Å². The first-order valence-corrected chi connectivity index (χ1v) is 6.49. The molecule has 0 aliphatic heterocycles. The summed E-state index contributed by atoms with van der Waals surface area (Å²) >= 11 is 7.34. The number of rotatable bonds is 6. The van der Waals surface area contributed by atoms with Crippen LogP contribution < -0.4 is 0 Å². The van der Waals surface area contributed by atoms with Crippen LogP contribution in [0.4, 0.5) is 0 Å². The smallest absolute Gasteiger partial charge is 0.110 e. The van der Waals surface area contributed by atoms with E-state index >= 15 is 0 Å². The monoisotopic (exact) mass is 248 g/mol. The maximum atomic E-state index is 8.94. The molecule has 1 heterocycles. The van der Waals surface area contributed by atoms with Crippen LogP contribution in [0.5, 0.6) is 0 Å². The minimum absolute atomic E-state index is 0.186. The topological polar surface area (TPSA) is 36.4 Å². The van der Waals surface area contributed by atoms with Crippen molar-refractivity contribution in [2.24, 2.45) is 0 Å². The lowest BCUT2D eigenvalue weighted by Crippen LogP contribution is -2.29. The van der Waals surface area contributed by atoms with Crippen molar-refractivity contribution >= 4 is 22.9 Å². The van der Waals surface area contributed by atoms with E-state index in [1.807, 2.05) is 5.38 Å². The molecule has 1 atom stereocenters. The summed E-state index contributed by atoms with van der Waals surface area (Å²) in [6, 6.07) is 0.254. The molecule has 0 aliphatic rings. The third kappa shape index (κ3) is 3.41. The SMILES string of the molecule is CCN(CCO)C(C)c1nc(CCl)cs1. The van der Waals surface area contributed by atoms with E-state index < -0.39 is 0 Å². The molecule has 0 aromatic carbocycles. The van der Waals surface area contributed by atoms with Gasteiger partial charge in [0.15, 0.2) is 0 Å². The van der Waals surface area contributed by atoms with Gasteiger partial charge in [0.25, 0.3) is 0 Å². The number of hydrogen-bond acceptors (Lipinski definition) is 4. The molecule has 1 aromatic rings. The first kappa shape index (κ1) is 12.9. The molecule has 0 amide bonds. The Morgan fingerprint density at radius 2 is 2.40 bits per heavy atom. The highest BCUT2D eigenvalue weighted by Crippen LogP contribution is 2.23. The van der Waals surface area contributed by atoms with Crippen molar-refractivity contribution in [2.45, 2.75) is 25.8 Å². The van der Waals surface area contributed by atoms with Gasteiger partial charge in [-0.15, -0.1) is 22.9 Å². The van der Waals surface area contributed by atoms with Crippen LogP contribution in [0.25, 0.3) is 0 Å². The second kappa shape index (κ2) is 6.43. The van der Waals surface area contributed by atoms with Gasteiger partial charge >= 0.3 is 0 Å². The van der Waals surface area contributed by atoms with E-state index in [4.69, 9.17) is 16.7 Å². The molecule has 0 saturated heterocycles. The number of aliphatic hydroxyl groups excluding tert-OH is 1. The van der Waals surface area contributed by atoms with E-state index in [9.17, 15) is 0 Å². The van der Waals surface area contributed by atoms with Crippen LogP contribution in [0.1, 0.15) is 30.6 Å². The number of halogens is 1. The first-order chi connectivity index (χ1) is 7.22. The second-order valence-electron chi connectivity index (χ2n) is 3.34. The van der Waals surface area contributed by atoms with Crippen LogP contribution in [0.15, 0.2) is 5.38 Å². The van der Waals surface area contributed by atoms with E-state index in [-0.39, 0.29) is 12.6 Å². The van der Waals surface area contributed by atoms with Gasteiger partial charge in [0.1, 0.15) is 5.01 Å². The fourth-order valence-corrected chi connectivity index (χ4v) is 2.62. The van der Waals surface area contributed by atoms with Gasteiger partial charge in [0.2, 0.25) is 0 Å². The Kier molecular flexibility index (Phi) is 5.53. The van der Waals surface area contributed by atoms with Gasteiger partial charge in [0, 0.05) is 11.9 Å². The van der Waals surface area contributed by atoms with Crippen molar-refractivity contribution in [3.05, 3.63) is 16.1 Å². The number of aromatic nitrogens is 1.